The minimum Gasteiger partial charge on any atom is -0.756 e. The molecule has 2 aliphatic heterocycles. The molecule has 0 aliphatic carbocycles. The number of aliphatic hydroxyl groups excluding tert-OH is 6. The Morgan fingerprint density at radius 1 is 0.793 bits per heavy atom. The Morgan fingerprint density at radius 3 is 1.88 bits per heavy atom. The fourth-order valence-electron chi connectivity index (χ4n) is 5.73. The summed E-state index contributed by atoms with van der Waals surface area (Å²) in [7, 11) is 2.19. The van der Waals surface area contributed by atoms with Crippen molar-refractivity contribution in [3.63, 3.8) is 0 Å². The van der Waals surface area contributed by atoms with Crippen molar-refractivity contribution in [3.8, 4) is 0 Å². The summed E-state index contributed by atoms with van der Waals surface area (Å²) in [5, 5.41) is 74.8. The van der Waals surface area contributed by atoms with Gasteiger partial charge in [-0.3, -0.25) is 9.36 Å². The third-order valence-electron chi connectivity index (χ3n) is 8.79. The van der Waals surface area contributed by atoms with Crippen molar-refractivity contribution in [2.45, 2.75) is 106 Å². The lowest BCUT2D eigenvalue weighted by molar-refractivity contribution is -0.870. The van der Waals surface area contributed by atoms with Crippen LogP contribution in [0.5, 0.6) is 0 Å². The third kappa shape index (κ3) is 19.4. The molecule has 0 aromatic heterocycles. The molecular weight excluding hydrogens is 803 g/mol. The monoisotopic (exact) mass is 868 g/mol. The van der Waals surface area contributed by atoms with Gasteiger partial charge >= 0.3 is 5.97 Å². The van der Waals surface area contributed by atoms with E-state index < -0.39 is 106 Å². The molecule has 7 unspecified atom stereocenters. The summed E-state index contributed by atoms with van der Waals surface area (Å²) in [5.41, 5.74) is 0. The summed E-state index contributed by atoms with van der Waals surface area (Å²) in [5.74, 6) is -1.98. The largest absolute Gasteiger partial charge is 0.756 e. The number of rotatable bonds is 29. The van der Waals surface area contributed by atoms with Crippen LogP contribution in [-0.4, -0.2) is 232 Å². The number of phosphoric ester groups is 1. The van der Waals surface area contributed by atoms with Crippen LogP contribution in [-0.2, 0) is 61.1 Å². The predicted molar refractivity (Wildman–Crippen MR) is 195 cm³/mol. The highest BCUT2D eigenvalue weighted by molar-refractivity contribution is 7.45. The molecule has 0 spiro atoms. The van der Waals surface area contributed by atoms with Gasteiger partial charge in [0.25, 0.3) is 7.82 Å². The molecule has 24 heteroatoms. The lowest BCUT2D eigenvalue weighted by Gasteiger charge is -2.47. The van der Waals surface area contributed by atoms with Crippen molar-refractivity contribution in [2.75, 3.05) is 101 Å². The van der Waals surface area contributed by atoms with Gasteiger partial charge in [-0.2, -0.15) is 0 Å². The van der Waals surface area contributed by atoms with Crippen LogP contribution in [0.15, 0.2) is 0 Å². The molecular formula is C34H65N2O21P. The van der Waals surface area contributed by atoms with Gasteiger partial charge in [0.15, 0.2) is 12.4 Å². The second-order valence-electron chi connectivity index (χ2n) is 15.1. The summed E-state index contributed by atoms with van der Waals surface area (Å²) < 4.78 is 65.5. The summed E-state index contributed by atoms with van der Waals surface area (Å²) in [6.07, 6.45) is -15.2. The van der Waals surface area contributed by atoms with Gasteiger partial charge in [-0.25, -0.2) is 4.79 Å². The molecule has 2 fully saturated rings. The van der Waals surface area contributed by atoms with Gasteiger partial charge < -0.3 is 97.4 Å². The third-order valence-corrected chi connectivity index (χ3v) is 9.75. The van der Waals surface area contributed by atoms with E-state index in [9.17, 15) is 54.8 Å². The molecule has 23 nitrogen and oxygen atoms in total. The fraction of sp³-hybridized carbons (Fsp3) is 0.941. The number of carboxylic acid groups (broad SMARTS) is 1. The average molecular weight is 869 g/mol. The second-order valence-corrected chi connectivity index (χ2v) is 16.5. The summed E-state index contributed by atoms with van der Waals surface area (Å²) in [4.78, 5) is 35.5. The number of hydrogen-bond donors (Lipinski definition) is 8. The maximum Gasteiger partial charge on any atom is 0.335 e. The van der Waals surface area contributed by atoms with Gasteiger partial charge in [-0.05, 0) is 19.8 Å². The molecule has 0 radical (unpaired) electrons. The van der Waals surface area contributed by atoms with Crippen LogP contribution < -0.4 is 10.2 Å². The Labute approximate surface area is 338 Å². The van der Waals surface area contributed by atoms with E-state index in [0.717, 1.165) is 7.11 Å². The SMILES string of the molecule is CO[C@@H]1C(C(=O)O)O[C@@H](O[C@@H]2C(NC(C)=O)[C@H](C)OC(COCC(O)COCCCCOCC(O)COC[C@H](O)COP(=O)([O-])OCC[N+](C)(C)C)[C@H]2O)C(O)[C@H]1O. The van der Waals surface area contributed by atoms with E-state index in [2.05, 4.69) is 9.84 Å². The van der Waals surface area contributed by atoms with E-state index in [4.69, 9.17) is 42.4 Å². The minimum atomic E-state index is -4.57. The summed E-state index contributed by atoms with van der Waals surface area (Å²) in [6, 6.07) is -0.986. The van der Waals surface area contributed by atoms with E-state index in [-0.39, 0.29) is 52.9 Å². The van der Waals surface area contributed by atoms with Crippen molar-refractivity contribution in [1.29, 1.82) is 0 Å². The topological polar surface area (TPSA) is 320 Å². The Morgan fingerprint density at radius 2 is 1.34 bits per heavy atom. The lowest BCUT2D eigenvalue weighted by atomic mass is 9.92. The number of phosphoric acid groups is 1. The predicted octanol–water partition coefficient (Wildman–Crippen LogP) is -4.29. The number of methoxy groups -OCH3 is 1. The van der Waals surface area contributed by atoms with E-state index in [1.54, 1.807) is 6.92 Å². The van der Waals surface area contributed by atoms with Crippen molar-refractivity contribution in [1.82, 2.24) is 5.32 Å². The molecule has 0 saturated carbocycles. The molecule has 8 N–H and O–H groups in total. The first-order valence-corrected chi connectivity index (χ1v) is 20.4. The van der Waals surface area contributed by atoms with Crippen molar-refractivity contribution < 1.29 is 106 Å². The number of quaternary nitrogens is 1. The first-order valence-electron chi connectivity index (χ1n) is 18.9. The molecule has 58 heavy (non-hydrogen) atoms. The average Bonchev–Trinajstić information content (AvgIpc) is 3.12. The fourth-order valence-corrected chi connectivity index (χ4v) is 6.46. The first-order chi connectivity index (χ1) is 27.2. The molecule has 0 bridgehead atoms. The van der Waals surface area contributed by atoms with E-state index >= 15 is 0 Å². The van der Waals surface area contributed by atoms with Crippen LogP contribution in [0.4, 0.5) is 0 Å². The van der Waals surface area contributed by atoms with Gasteiger partial charge in [-0.15, -0.1) is 0 Å². The highest BCUT2D eigenvalue weighted by atomic mass is 31.2. The Kier molecular flexibility index (Phi) is 23.6. The number of nitrogens with zero attached hydrogens (tertiary/aromatic N) is 1. The van der Waals surface area contributed by atoms with Crippen LogP contribution in [0.1, 0.15) is 26.7 Å². The Balaban J connectivity index is 1.63. The zero-order chi connectivity index (χ0) is 43.6. The molecule has 0 aromatic carbocycles. The molecule has 2 saturated heterocycles. The van der Waals surface area contributed by atoms with Crippen molar-refractivity contribution >= 4 is 19.7 Å². The number of carboxylic acids is 1. The van der Waals surface area contributed by atoms with Crippen molar-refractivity contribution in [3.05, 3.63) is 0 Å². The number of nitrogens with one attached hydrogen (secondary N) is 1. The number of carbonyl (C=O) groups is 2. The van der Waals surface area contributed by atoms with Crippen LogP contribution in [0, 0.1) is 0 Å². The number of aliphatic carboxylic acids is 1. The zero-order valence-electron chi connectivity index (χ0n) is 33.9. The number of ether oxygens (including phenoxy) is 8. The van der Waals surface area contributed by atoms with Gasteiger partial charge in [-0.1, -0.05) is 0 Å². The van der Waals surface area contributed by atoms with Crippen LogP contribution >= 0.6 is 7.82 Å². The van der Waals surface area contributed by atoms with E-state index in [1.165, 1.54) is 6.92 Å². The standard InChI is InChI=1S/C34H65N2O21P/c1-20-26(35-21(2)37)30(56-34-29(43)28(42)31(48-6)32(57-34)33(44)45)27(41)25(55-20)19-52-16-23(39)14-50-11-8-7-10-49-13-22(38)15-51-17-24(40)18-54-58(46,47)53-12-9-36(3,4)5/h20,22-32,34,38-43H,7-19H2,1-6H3,(H2-,35,37,44,45,46,47)/t20-,22?,23?,24-,25?,26?,27+,28+,29?,30+,31-,32?,34+/m0/s1. The van der Waals surface area contributed by atoms with Gasteiger partial charge in [0.05, 0.1) is 79.5 Å². The number of unbranched alkanes of at least 4 members (excludes halogenated alkanes) is 1. The van der Waals surface area contributed by atoms with Crippen LogP contribution in [0.2, 0.25) is 0 Å². The maximum atomic E-state index is 12.0. The molecule has 14 atom stereocenters. The normalized spacial score (nSPS) is 30.6. The summed E-state index contributed by atoms with van der Waals surface area (Å²) in [6.45, 7) is 2.21. The zero-order valence-corrected chi connectivity index (χ0v) is 34.8. The van der Waals surface area contributed by atoms with Gasteiger partial charge in [0, 0.05) is 27.2 Å². The van der Waals surface area contributed by atoms with Crippen LogP contribution in [0.25, 0.3) is 0 Å². The number of carbonyl (C=O) groups excluding carboxylic acids is 1. The quantitative estimate of drug-likeness (QED) is 0.0200. The van der Waals surface area contributed by atoms with Crippen molar-refractivity contribution in [2.24, 2.45) is 0 Å². The second kappa shape index (κ2) is 26.0. The highest BCUT2D eigenvalue weighted by Crippen LogP contribution is 2.38. The van der Waals surface area contributed by atoms with Gasteiger partial charge in [0.2, 0.25) is 5.91 Å². The number of amides is 1. The molecule has 342 valence electrons. The molecule has 0 aromatic rings. The smallest absolute Gasteiger partial charge is 0.335 e. The molecule has 1 amide bonds. The Bertz CT molecular complexity index is 1230. The summed E-state index contributed by atoms with van der Waals surface area (Å²) >= 11 is 0. The number of aliphatic hydroxyl groups is 6. The molecule has 2 rings (SSSR count). The number of likely N-dealkylation sites (N-methyl/N-ethyl adjacent to an activating group) is 1. The molecule has 2 aliphatic rings. The highest BCUT2D eigenvalue weighted by Gasteiger charge is 2.52. The van der Waals surface area contributed by atoms with Crippen LogP contribution in [0.3, 0.4) is 0 Å². The molecule has 2 heterocycles. The van der Waals surface area contributed by atoms with E-state index in [0.29, 0.717) is 30.5 Å². The Hall–Kier alpha value is -1.55. The number of hydrogen-bond acceptors (Lipinski definition) is 20. The maximum absolute atomic E-state index is 12.0. The minimum absolute atomic E-state index is 0.0439. The van der Waals surface area contributed by atoms with E-state index in [1.807, 2.05) is 21.1 Å². The van der Waals surface area contributed by atoms with Gasteiger partial charge in [0.1, 0.15) is 68.1 Å². The first kappa shape index (κ1) is 52.6. The lowest BCUT2D eigenvalue weighted by Crippen LogP contribution is -2.67.